The number of anilines is 1. The monoisotopic (exact) mass is 470 g/mol. The maximum atomic E-state index is 4.53. The van der Waals surface area contributed by atoms with E-state index >= 15 is 0 Å². The van der Waals surface area contributed by atoms with Crippen molar-refractivity contribution < 1.29 is 0 Å². The second-order valence-electron chi connectivity index (χ2n) is 7.50. The van der Waals surface area contributed by atoms with Crippen LogP contribution in [0.25, 0.3) is 0 Å². The van der Waals surface area contributed by atoms with Crippen LogP contribution in [-0.2, 0) is 6.54 Å². The van der Waals surface area contributed by atoms with Crippen LogP contribution in [0.1, 0.15) is 37.7 Å². The highest BCUT2D eigenvalue weighted by Crippen LogP contribution is 2.29. The fourth-order valence-electron chi connectivity index (χ4n) is 3.94. The fourth-order valence-corrected chi connectivity index (χ4v) is 3.94. The van der Waals surface area contributed by atoms with Gasteiger partial charge in [-0.2, -0.15) is 0 Å². The summed E-state index contributed by atoms with van der Waals surface area (Å²) in [5.74, 6) is 2.01. The van der Waals surface area contributed by atoms with E-state index in [0.717, 1.165) is 44.0 Å². The van der Waals surface area contributed by atoms with E-state index in [1.54, 1.807) is 0 Å². The van der Waals surface area contributed by atoms with E-state index in [-0.39, 0.29) is 24.0 Å². The number of aromatic nitrogens is 1. The van der Waals surface area contributed by atoms with Gasteiger partial charge < -0.3 is 15.5 Å². The number of aliphatic imine (C=N–C) groups is 1. The van der Waals surface area contributed by atoms with Crippen LogP contribution in [0.15, 0.2) is 23.3 Å². The van der Waals surface area contributed by atoms with Gasteiger partial charge in [0.05, 0.1) is 0 Å². The number of nitrogens with zero attached hydrogens (tertiary/aromatic N) is 4. The van der Waals surface area contributed by atoms with E-state index in [1.165, 1.54) is 44.2 Å². The van der Waals surface area contributed by atoms with E-state index < -0.39 is 0 Å². The Balaban J connectivity index is 0.00000196. The highest BCUT2D eigenvalue weighted by molar-refractivity contribution is 14.0. The molecule has 0 spiro atoms. The van der Waals surface area contributed by atoms with E-state index in [1.807, 2.05) is 13.2 Å². The fraction of sp³-hybridized carbons (Fsp3) is 0.684. The van der Waals surface area contributed by atoms with Gasteiger partial charge in [-0.15, -0.1) is 24.0 Å². The maximum Gasteiger partial charge on any atom is 0.191 e. The van der Waals surface area contributed by atoms with Gasteiger partial charge in [-0.1, -0.05) is 0 Å². The topological polar surface area (TPSA) is 55.8 Å². The molecule has 0 amide bonds. The number of likely N-dealkylation sites (tertiary alicyclic amines) is 1. The van der Waals surface area contributed by atoms with Gasteiger partial charge >= 0.3 is 0 Å². The number of guanidine groups is 1. The summed E-state index contributed by atoms with van der Waals surface area (Å²) >= 11 is 0. The predicted octanol–water partition coefficient (Wildman–Crippen LogP) is 2.20. The molecule has 1 unspecified atom stereocenters. The van der Waals surface area contributed by atoms with E-state index in [9.17, 15) is 0 Å². The zero-order valence-electron chi connectivity index (χ0n) is 15.7. The smallest absolute Gasteiger partial charge is 0.191 e. The molecule has 2 aliphatic heterocycles. The van der Waals surface area contributed by atoms with Gasteiger partial charge in [0, 0.05) is 58.1 Å². The average Bonchev–Trinajstić information content (AvgIpc) is 3.16. The molecule has 1 aliphatic carbocycles. The standard InChI is InChI=1S/C19H30N6.HI/c1-20-19(23-16-7-11-25(14-16)17-4-5-17)22-13-15-6-8-21-18(12-15)24-9-2-3-10-24;/h6,8,12,16-17H,2-5,7,9-11,13-14H2,1H3,(H2,20,22,23);1H. The van der Waals surface area contributed by atoms with Crippen molar-refractivity contribution in [2.24, 2.45) is 4.99 Å². The molecule has 7 heteroatoms. The van der Waals surface area contributed by atoms with Crippen LogP contribution < -0.4 is 15.5 Å². The molecule has 2 saturated heterocycles. The van der Waals surface area contributed by atoms with Crippen molar-refractivity contribution in [2.75, 3.05) is 38.1 Å². The minimum Gasteiger partial charge on any atom is -0.357 e. The van der Waals surface area contributed by atoms with Gasteiger partial charge in [-0.25, -0.2) is 4.98 Å². The summed E-state index contributed by atoms with van der Waals surface area (Å²) in [4.78, 5) is 13.9. The molecule has 2 N–H and O–H groups in total. The summed E-state index contributed by atoms with van der Waals surface area (Å²) in [5, 5.41) is 7.05. The van der Waals surface area contributed by atoms with E-state index in [0.29, 0.717) is 6.04 Å². The molecule has 4 rings (SSSR count). The predicted molar refractivity (Wildman–Crippen MR) is 117 cm³/mol. The second-order valence-corrected chi connectivity index (χ2v) is 7.50. The molecule has 26 heavy (non-hydrogen) atoms. The van der Waals surface area contributed by atoms with Gasteiger partial charge in [0.1, 0.15) is 5.82 Å². The molecule has 3 aliphatic rings. The molecule has 1 aromatic heterocycles. The Morgan fingerprint density at radius 3 is 2.77 bits per heavy atom. The van der Waals surface area contributed by atoms with Gasteiger partial charge in [0.2, 0.25) is 0 Å². The first-order chi connectivity index (χ1) is 12.3. The van der Waals surface area contributed by atoms with E-state index in [2.05, 4.69) is 42.5 Å². The highest BCUT2D eigenvalue weighted by atomic mass is 127. The zero-order valence-corrected chi connectivity index (χ0v) is 18.0. The second kappa shape index (κ2) is 9.21. The van der Waals surface area contributed by atoms with Crippen molar-refractivity contribution in [1.82, 2.24) is 20.5 Å². The molecule has 144 valence electrons. The van der Waals surface area contributed by atoms with Crippen LogP contribution >= 0.6 is 24.0 Å². The third-order valence-electron chi connectivity index (χ3n) is 5.55. The van der Waals surface area contributed by atoms with Crippen molar-refractivity contribution in [1.29, 1.82) is 0 Å². The molecular weight excluding hydrogens is 439 g/mol. The van der Waals surface area contributed by atoms with Crippen molar-refractivity contribution >= 4 is 35.8 Å². The lowest BCUT2D eigenvalue weighted by molar-refractivity contribution is 0.321. The van der Waals surface area contributed by atoms with Crippen LogP contribution in [0, 0.1) is 0 Å². The van der Waals surface area contributed by atoms with Gasteiger partial charge in [0.25, 0.3) is 0 Å². The van der Waals surface area contributed by atoms with Gasteiger partial charge in [0.15, 0.2) is 5.96 Å². The summed E-state index contributed by atoms with van der Waals surface area (Å²) in [6, 6.07) is 5.67. The SMILES string of the molecule is CN=C(NCc1ccnc(N2CCCC2)c1)NC1CCN(C2CC2)C1.I. The molecule has 0 radical (unpaired) electrons. The molecule has 1 saturated carbocycles. The molecule has 3 heterocycles. The largest absolute Gasteiger partial charge is 0.357 e. The summed E-state index contributed by atoms with van der Waals surface area (Å²) in [6.07, 6.45) is 8.47. The highest BCUT2D eigenvalue weighted by Gasteiger charge is 2.34. The van der Waals surface area contributed by atoms with Crippen molar-refractivity contribution in [3.63, 3.8) is 0 Å². The van der Waals surface area contributed by atoms with Crippen LogP contribution in [0.5, 0.6) is 0 Å². The first-order valence-electron chi connectivity index (χ1n) is 9.73. The Bertz CT molecular complexity index is 612. The molecule has 1 atom stereocenters. The van der Waals surface area contributed by atoms with Crippen molar-refractivity contribution in [2.45, 2.75) is 50.7 Å². The van der Waals surface area contributed by atoms with Crippen LogP contribution in [-0.4, -0.2) is 61.2 Å². The van der Waals surface area contributed by atoms with E-state index in [4.69, 9.17) is 0 Å². The first-order valence-corrected chi connectivity index (χ1v) is 9.73. The minimum atomic E-state index is 0. The summed E-state index contributed by atoms with van der Waals surface area (Å²) in [6.45, 7) is 5.42. The normalized spacial score (nSPS) is 23.8. The number of nitrogens with one attached hydrogen (secondary N) is 2. The number of pyridine rings is 1. The summed E-state index contributed by atoms with van der Waals surface area (Å²) in [5.41, 5.74) is 1.26. The summed E-state index contributed by atoms with van der Waals surface area (Å²) in [7, 11) is 1.85. The Morgan fingerprint density at radius 2 is 2.04 bits per heavy atom. The van der Waals surface area contributed by atoms with Crippen LogP contribution in [0.3, 0.4) is 0 Å². The Morgan fingerprint density at radius 1 is 1.23 bits per heavy atom. The Labute approximate surface area is 173 Å². The van der Waals surface area contributed by atoms with Gasteiger partial charge in [-0.05, 0) is 49.8 Å². The summed E-state index contributed by atoms with van der Waals surface area (Å²) < 4.78 is 0. The van der Waals surface area contributed by atoms with Crippen LogP contribution in [0.4, 0.5) is 5.82 Å². The van der Waals surface area contributed by atoms with Crippen molar-refractivity contribution in [3.8, 4) is 0 Å². The molecule has 0 bridgehead atoms. The number of hydrogen-bond acceptors (Lipinski definition) is 4. The van der Waals surface area contributed by atoms with Gasteiger partial charge in [-0.3, -0.25) is 9.89 Å². The third-order valence-corrected chi connectivity index (χ3v) is 5.55. The third kappa shape index (κ3) is 5.00. The maximum absolute atomic E-state index is 4.53. The average molecular weight is 470 g/mol. The minimum absolute atomic E-state index is 0. The van der Waals surface area contributed by atoms with Crippen molar-refractivity contribution in [3.05, 3.63) is 23.9 Å². The number of rotatable bonds is 5. The molecule has 6 nitrogen and oxygen atoms in total. The Hall–Kier alpha value is -1.09. The number of halogens is 1. The first kappa shape index (κ1) is 19.7. The van der Waals surface area contributed by atoms with Crippen LogP contribution in [0.2, 0.25) is 0 Å². The lowest BCUT2D eigenvalue weighted by Gasteiger charge is -2.19. The quantitative estimate of drug-likeness (QED) is 0.393. The lowest BCUT2D eigenvalue weighted by atomic mass is 10.2. The molecule has 1 aromatic rings. The molecule has 0 aromatic carbocycles. The Kier molecular flexibility index (Phi) is 6.97. The number of hydrogen-bond donors (Lipinski definition) is 2. The zero-order chi connectivity index (χ0) is 17.1. The molecule has 3 fully saturated rings. The molecular formula is C19H31IN6. The lowest BCUT2D eigenvalue weighted by Crippen LogP contribution is -2.44.